The molecule has 2 rings (SSSR count). The first-order valence-corrected chi connectivity index (χ1v) is 7.19. The van der Waals surface area contributed by atoms with Gasteiger partial charge in [0.1, 0.15) is 17.1 Å². The second-order valence-corrected chi connectivity index (χ2v) is 5.41. The van der Waals surface area contributed by atoms with Crippen LogP contribution in [0.1, 0.15) is 57.6 Å². The highest BCUT2D eigenvalue weighted by atomic mass is 16.5. The lowest BCUT2D eigenvalue weighted by Gasteiger charge is -2.41. The molecule has 19 heavy (non-hydrogen) atoms. The zero-order valence-corrected chi connectivity index (χ0v) is 12.1. The smallest absolute Gasteiger partial charge is 0.129 e. The minimum Gasteiger partial charge on any atom is -0.497 e. The Morgan fingerprint density at radius 3 is 2.58 bits per heavy atom. The Morgan fingerprint density at radius 2 is 2.00 bits per heavy atom. The molecule has 0 saturated carbocycles. The molecule has 0 radical (unpaired) electrons. The van der Waals surface area contributed by atoms with Crippen molar-refractivity contribution in [3.05, 3.63) is 23.8 Å². The number of aliphatic hydroxyl groups is 1. The van der Waals surface area contributed by atoms with Crippen LogP contribution in [0.25, 0.3) is 0 Å². The molecule has 1 aromatic carbocycles. The molecular weight excluding hydrogens is 240 g/mol. The number of hydrogen-bond acceptors (Lipinski definition) is 3. The SMILES string of the molecule is CCCC1(CCC)CC(O)c2ccc(OC)cc2O1. The summed E-state index contributed by atoms with van der Waals surface area (Å²) in [6, 6.07) is 5.66. The Bertz CT molecular complexity index is 422. The van der Waals surface area contributed by atoms with Crippen molar-refractivity contribution < 1.29 is 14.6 Å². The van der Waals surface area contributed by atoms with Crippen molar-refractivity contribution >= 4 is 0 Å². The number of aliphatic hydroxyl groups excluding tert-OH is 1. The van der Waals surface area contributed by atoms with Gasteiger partial charge < -0.3 is 14.6 Å². The third kappa shape index (κ3) is 2.86. The van der Waals surface area contributed by atoms with Crippen molar-refractivity contribution in [3.8, 4) is 11.5 Å². The molecule has 0 amide bonds. The maximum Gasteiger partial charge on any atom is 0.129 e. The molecule has 1 heterocycles. The van der Waals surface area contributed by atoms with E-state index in [2.05, 4.69) is 13.8 Å². The van der Waals surface area contributed by atoms with Gasteiger partial charge >= 0.3 is 0 Å². The van der Waals surface area contributed by atoms with Crippen LogP contribution in [0.4, 0.5) is 0 Å². The maximum absolute atomic E-state index is 10.4. The first-order valence-electron chi connectivity index (χ1n) is 7.19. The molecule has 0 saturated heterocycles. The van der Waals surface area contributed by atoms with Gasteiger partial charge in [-0.15, -0.1) is 0 Å². The Kier molecular flexibility index (Phi) is 4.35. The molecular formula is C16H24O3. The average Bonchev–Trinajstić information content (AvgIpc) is 2.38. The molecule has 1 aromatic rings. The van der Waals surface area contributed by atoms with Gasteiger partial charge in [-0.1, -0.05) is 26.7 Å². The normalized spacial score (nSPS) is 20.5. The van der Waals surface area contributed by atoms with Crippen LogP contribution in [-0.4, -0.2) is 17.8 Å². The van der Waals surface area contributed by atoms with Crippen LogP contribution in [0, 0.1) is 0 Å². The third-order valence-electron chi connectivity index (χ3n) is 3.88. The second-order valence-electron chi connectivity index (χ2n) is 5.41. The number of fused-ring (bicyclic) bond motifs is 1. The van der Waals surface area contributed by atoms with E-state index in [1.54, 1.807) is 7.11 Å². The molecule has 1 N–H and O–H groups in total. The quantitative estimate of drug-likeness (QED) is 0.878. The summed E-state index contributed by atoms with van der Waals surface area (Å²) >= 11 is 0. The van der Waals surface area contributed by atoms with E-state index in [9.17, 15) is 5.11 Å². The van der Waals surface area contributed by atoms with E-state index >= 15 is 0 Å². The van der Waals surface area contributed by atoms with Crippen molar-refractivity contribution in [2.75, 3.05) is 7.11 Å². The van der Waals surface area contributed by atoms with Gasteiger partial charge in [-0.05, 0) is 25.0 Å². The monoisotopic (exact) mass is 264 g/mol. The van der Waals surface area contributed by atoms with Crippen molar-refractivity contribution in [3.63, 3.8) is 0 Å². The van der Waals surface area contributed by atoms with E-state index in [1.165, 1.54) is 0 Å². The second kappa shape index (κ2) is 5.83. The number of hydrogen-bond donors (Lipinski definition) is 1. The Balaban J connectivity index is 2.34. The van der Waals surface area contributed by atoms with E-state index in [0.29, 0.717) is 6.42 Å². The lowest BCUT2D eigenvalue weighted by atomic mass is 9.82. The molecule has 0 aromatic heterocycles. The van der Waals surface area contributed by atoms with Crippen molar-refractivity contribution in [1.29, 1.82) is 0 Å². The van der Waals surface area contributed by atoms with E-state index in [0.717, 1.165) is 42.7 Å². The first kappa shape index (κ1) is 14.2. The van der Waals surface area contributed by atoms with Crippen LogP contribution in [0.2, 0.25) is 0 Å². The minimum absolute atomic E-state index is 0.220. The van der Waals surface area contributed by atoms with Gasteiger partial charge in [-0.3, -0.25) is 0 Å². The molecule has 0 fully saturated rings. The summed E-state index contributed by atoms with van der Waals surface area (Å²) in [4.78, 5) is 0. The van der Waals surface area contributed by atoms with Crippen LogP contribution in [-0.2, 0) is 0 Å². The number of benzene rings is 1. The van der Waals surface area contributed by atoms with Crippen molar-refractivity contribution in [2.24, 2.45) is 0 Å². The van der Waals surface area contributed by atoms with E-state index in [-0.39, 0.29) is 5.60 Å². The van der Waals surface area contributed by atoms with Crippen LogP contribution in [0.5, 0.6) is 11.5 Å². The molecule has 1 aliphatic rings. The summed E-state index contributed by atoms with van der Waals surface area (Å²) in [7, 11) is 1.65. The fourth-order valence-electron chi connectivity index (χ4n) is 3.09. The van der Waals surface area contributed by atoms with Crippen LogP contribution in [0.3, 0.4) is 0 Å². The number of rotatable bonds is 5. The van der Waals surface area contributed by atoms with Gasteiger partial charge in [0.25, 0.3) is 0 Å². The average molecular weight is 264 g/mol. The first-order chi connectivity index (χ1) is 9.14. The van der Waals surface area contributed by atoms with E-state index < -0.39 is 6.10 Å². The summed E-state index contributed by atoms with van der Waals surface area (Å²) in [5, 5.41) is 10.4. The molecule has 3 heteroatoms. The highest BCUT2D eigenvalue weighted by Crippen LogP contribution is 2.44. The standard InChI is InChI=1S/C16H24O3/c1-4-8-16(9-5-2)11-14(17)13-7-6-12(18-3)10-15(13)19-16/h6-7,10,14,17H,4-5,8-9,11H2,1-3H3. The van der Waals surface area contributed by atoms with Gasteiger partial charge in [0.05, 0.1) is 13.2 Å². The van der Waals surface area contributed by atoms with Crippen molar-refractivity contribution in [1.82, 2.24) is 0 Å². The number of methoxy groups -OCH3 is 1. The van der Waals surface area contributed by atoms with E-state index in [1.807, 2.05) is 18.2 Å². The summed E-state index contributed by atoms with van der Waals surface area (Å²) in [6.45, 7) is 4.32. The molecule has 0 bridgehead atoms. The summed E-state index contributed by atoms with van der Waals surface area (Å²) in [6.07, 6.45) is 4.34. The zero-order valence-electron chi connectivity index (χ0n) is 12.1. The Morgan fingerprint density at radius 1 is 1.32 bits per heavy atom. The molecule has 1 atom stereocenters. The summed E-state index contributed by atoms with van der Waals surface area (Å²) < 4.78 is 11.5. The van der Waals surface area contributed by atoms with Crippen molar-refractivity contribution in [2.45, 2.75) is 57.7 Å². The number of ether oxygens (including phenoxy) is 2. The molecule has 0 aliphatic carbocycles. The molecule has 0 spiro atoms. The van der Waals surface area contributed by atoms with Gasteiger partial charge in [0.2, 0.25) is 0 Å². The predicted molar refractivity (Wildman–Crippen MR) is 75.7 cm³/mol. The molecule has 1 unspecified atom stereocenters. The molecule has 1 aliphatic heterocycles. The van der Waals surface area contributed by atoms with Gasteiger partial charge in [-0.25, -0.2) is 0 Å². The fraction of sp³-hybridized carbons (Fsp3) is 0.625. The van der Waals surface area contributed by atoms with Crippen LogP contribution < -0.4 is 9.47 Å². The van der Waals surface area contributed by atoms with Gasteiger partial charge in [-0.2, -0.15) is 0 Å². The van der Waals surface area contributed by atoms with Crippen LogP contribution in [0.15, 0.2) is 18.2 Å². The zero-order chi connectivity index (χ0) is 13.9. The van der Waals surface area contributed by atoms with Gasteiger partial charge in [0.15, 0.2) is 0 Å². The minimum atomic E-state index is -0.437. The fourth-order valence-corrected chi connectivity index (χ4v) is 3.09. The van der Waals surface area contributed by atoms with Gasteiger partial charge in [0, 0.05) is 18.1 Å². The highest BCUT2D eigenvalue weighted by molar-refractivity contribution is 5.44. The largest absolute Gasteiger partial charge is 0.497 e. The lowest BCUT2D eigenvalue weighted by molar-refractivity contribution is -0.0269. The molecule has 106 valence electrons. The summed E-state index contributed by atoms with van der Waals surface area (Å²) in [5.41, 5.74) is 0.658. The van der Waals surface area contributed by atoms with Crippen LogP contribution >= 0.6 is 0 Å². The van der Waals surface area contributed by atoms with E-state index in [4.69, 9.17) is 9.47 Å². The lowest BCUT2D eigenvalue weighted by Crippen LogP contribution is -2.41. The predicted octanol–water partition coefficient (Wildman–Crippen LogP) is 3.85. The highest BCUT2D eigenvalue weighted by Gasteiger charge is 2.39. The summed E-state index contributed by atoms with van der Waals surface area (Å²) in [5.74, 6) is 1.55. The maximum atomic E-state index is 10.4. The topological polar surface area (TPSA) is 38.7 Å². The Hall–Kier alpha value is -1.22. The third-order valence-corrected chi connectivity index (χ3v) is 3.88. The Labute approximate surface area is 115 Å². The molecule has 3 nitrogen and oxygen atoms in total.